The first-order valence-corrected chi connectivity index (χ1v) is 11.3. The second-order valence-electron chi connectivity index (χ2n) is 7.18. The van der Waals surface area contributed by atoms with E-state index in [1.165, 1.54) is 4.31 Å². The molecule has 0 spiro atoms. The smallest absolute Gasteiger partial charge is 0.243 e. The van der Waals surface area contributed by atoms with Gasteiger partial charge in [-0.1, -0.05) is 60.7 Å². The Morgan fingerprint density at radius 2 is 1.50 bits per heavy atom. The summed E-state index contributed by atoms with van der Waals surface area (Å²) in [5.74, 6) is -0.365. The fraction of sp³-hybridized carbons (Fsp3) is 0.208. The van der Waals surface area contributed by atoms with Crippen molar-refractivity contribution in [1.29, 1.82) is 0 Å². The average Bonchev–Trinajstić information content (AvgIpc) is 2.75. The summed E-state index contributed by atoms with van der Waals surface area (Å²) < 4.78 is 27.7. The molecule has 0 aliphatic heterocycles. The summed E-state index contributed by atoms with van der Waals surface area (Å²) >= 11 is 0. The van der Waals surface area contributed by atoms with Gasteiger partial charge in [-0.3, -0.25) is 4.79 Å². The van der Waals surface area contributed by atoms with Crippen molar-refractivity contribution >= 4 is 21.6 Å². The highest BCUT2D eigenvalue weighted by Crippen LogP contribution is 2.19. The maximum absolute atomic E-state index is 13.2. The highest BCUT2D eigenvalue weighted by atomic mass is 32.2. The van der Waals surface area contributed by atoms with Crippen LogP contribution in [0.1, 0.15) is 16.7 Å². The van der Waals surface area contributed by atoms with Gasteiger partial charge < -0.3 is 5.32 Å². The monoisotopic (exact) mass is 422 g/mol. The molecule has 0 radical (unpaired) electrons. The third-order valence-corrected chi connectivity index (χ3v) is 6.93. The van der Waals surface area contributed by atoms with Gasteiger partial charge >= 0.3 is 0 Å². The summed E-state index contributed by atoms with van der Waals surface area (Å²) in [6.45, 7) is 3.86. The van der Waals surface area contributed by atoms with E-state index in [4.69, 9.17) is 0 Å². The van der Waals surface area contributed by atoms with Gasteiger partial charge in [-0.25, -0.2) is 8.42 Å². The van der Waals surface area contributed by atoms with Crippen LogP contribution in [0.3, 0.4) is 0 Å². The zero-order chi connectivity index (χ0) is 21.6. The van der Waals surface area contributed by atoms with Crippen molar-refractivity contribution in [1.82, 2.24) is 4.31 Å². The van der Waals surface area contributed by atoms with E-state index >= 15 is 0 Å². The summed E-state index contributed by atoms with van der Waals surface area (Å²) in [6, 6.07) is 23.5. The van der Waals surface area contributed by atoms with E-state index < -0.39 is 10.0 Å². The van der Waals surface area contributed by atoms with Crippen LogP contribution in [-0.4, -0.2) is 31.7 Å². The molecule has 0 aromatic heterocycles. The predicted molar refractivity (Wildman–Crippen MR) is 120 cm³/mol. The van der Waals surface area contributed by atoms with Crippen LogP contribution in [0.25, 0.3) is 0 Å². The lowest BCUT2D eigenvalue weighted by Crippen LogP contribution is -2.39. The molecule has 0 saturated heterocycles. The van der Waals surface area contributed by atoms with Crippen LogP contribution in [0.5, 0.6) is 0 Å². The van der Waals surface area contributed by atoms with E-state index in [-0.39, 0.29) is 23.9 Å². The van der Waals surface area contributed by atoms with Crippen LogP contribution < -0.4 is 5.32 Å². The number of benzene rings is 3. The molecule has 0 heterocycles. The number of amides is 1. The Hall–Kier alpha value is -2.96. The lowest BCUT2D eigenvalue weighted by atomic mass is 10.1. The summed E-state index contributed by atoms with van der Waals surface area (Å²) in [4.78, 5) is 12.9. The largest absolute Gasteiger partial charge is 0.325 e. The fourth-order valence-electron chi connectivity index (χ4n) is 3.16. The summed E-state index contributed by atoms with van der Waals surface area (Å²) in [5.41, 5.74) is 3.74. The van der Waals surface area contributed by atoms with Gasteiger partial charge in [0, 0.05) is 12.2 Å². The van der Waals surface area contributed by atoms with Crippen molar-refractivity contribution in [2.24, 2.45) is 0 Å². The molecular weight excluding hydrogens is 396 g/mol. The van der Waals surface area contributed by atoms with Gasteiger partial charge in [-0.05, 0) is 55.2 Å². The third-order valence-electron chi connectivity index (χ3n) is 5.07. The molecule has 3 rings (SSSR count). The van der Waals surface area contributed by atoms with Crippen molar-refractivity contribution in [2.75, 3.05) is 18.4 Å². The van der Waals surface area contributed by atoms with Crippen LogP contribution >= 0.6 is 0 Å². The molecule has 5 nitrogen and oxygen atoms in total. The molecule has 0 atom stereocenters. The molecule has 3 aromatic carbocycles. The minimum absolute atomic E-state index is 0.178. The minimum atomic E-state index is -3.80. The summed E-state index contributed by atoms with van der Waals surface area (Å²) in [6.07, 6.45) is 0.518. The highest BCUT2D eigenvalue weighted by molar-refractivity contribution is 7.89. The van der Waals surface area contributed by atoms with Gasteiger partial charge in [-0.15, -0.1) is 0 Å². The second-order valence-corrected chi connectivity index (χ2v) is 9.12. The molecule has 0 aliphatic rings. The lowest BCUT2D eigenvalue weighted by molar-refractivity contribution is -0.116. The molecule has 0 saturated carbocycles. The number of aryl methyl sites for hydroxylation is 1. The van der Waals surface area contributed by atoms with Crippen molar-refractivity contribution in [3.05, 3.63) is 95.6 Å². The number of hydrogen-bond donors (Lipinski definition) is 1. The maximum Gasteiger partial charge on any atom is 0.243 e. The molecule has 30 heavy (non-hydrogen) atoms. The van der Waals surface area contributed by atoms with Crippen molar-refractivity contribution in [3.63, 3.8) is 0 Å². The first-order valence-electron chi connectivity index (χ1n) is 9.83. The number of anilines is 1. The van der Waals surface area contributed by atoms with E-state index in [1.807, 2.05) is 62.4 Å². The zero-order valence-electron chi connectivity index (χ0n) is 17.2. The van der Waals surface area contributed by atoms with E-state index in [0.29, 0.717) is 12.1 Å². The topological polar surface area (TPSA) is 66.5 Å². The van der Waals surface area contributed by atoms with Crippen LogP contribution in [0, 0.1) is 13.8 Å². The zero-order valence-corrected chi connectivity index (χ0v) is 18.0. The highest BCUT2D eigenvalue weighted by Gasteiger charge is 2.26. The number of carbonyl (C=O) groups is 1. The van der Waals surface area contributed by atoms with Crippen molar-refractivity contribution in [2.45, 2.75) is 25.2 Å². The van der Waals surface area contributed by atoms with Gasteiger partial charge in [0.1, 0.15) is 0 Å². The number of nitrogens with one attached hydrogen (secondary N) is 1. The first-order chi connectivity index (χ1) is 14.4. The molecule has 1 amide bonds. The summed E-state index contributed by atoms with van der Waals surface area (Å²) in [5, 5.41) is 2.86. The maximum atomic E-state index is 13.2. The minimum Gasteiger partial charge on any atom is -0.325 e. The molecule has 6 heteroatoms. The van der Waals surface area contributed by atoms with Crippen LogP contribution in [-0.2, 0) is 21.2 Å². The molecule has 0 fully saturated rings. The Morgan fingerprint density at radius 3 is 2.17 bits per heavy atom. The third kappa shape index (κ3) is 5.34. The Labute approximate surface area is 178 Å². The van der Waals surface area contributed by atoms with Gasteiger partial charge in [0.05, 0.1) is 11.4 Å². The summed E-state index contributed by atoms with van der Waals surface area (Å²) in [7, 11) is -3.80. The average molecular weight is 423 g/mol. The molecule has 0 bridgehead atoms. The number of rotatable bonds is 8. The van der Waals surface area contributed by atoms with Crippen molar-refractivity contribution < 1.29 is 13.2 Å². The van der Waals surface area contributed by atoms with Crippen LogP contribution in [0.2, 0.25) is 0 Å². The fourth-order valence-corrected chi connectivity index (χ4v) is 4.58. The molecule has 3 aromatic rings. The first kappa shape index (κ1) is 21.7. The molecule has 1 N–H and O–H groups in total. The van der Waals surface area contributed by atoms with E-state index in [9.17, 15) is 13.2 Å². The number of hydrogen-bond acceptors (Lipinski definition) is 3. The van der Waals surface area contributed by atoms with Gasteiger partial charge in [0.15, 0.2) is 0 Å². The quantitative estimate of drug-likeness (QED) is 0.592. The molecule has 0 unspecified atom stereocenters. The van der Waals surface area contributed by atoms with Crippen LogP contribution in [0.4, 0.5) is 5.69 Å². The van der Waals surface area contributed by atoms with Crippen LogP contribution in [0.15, 0.2) is 83.8 Å². The van der Waals surface area contributed by atoms with Crippen molar-refractivity contribution in [3.8, 4) is 0 Å². The van der Waals surface area contributed by atoms with Gasteiger partial charge in [0.25, 0.3) is 0 Å². The molecule has 0 aliphatic carbocycles. The van der Waals surface area contributed by atoms with E-state index in [0.717, 1.165) is 16.7 Å². The standard InChI is InChI=1S/C24H26N2O3S/c1-19-10-9-15-23(20(19)2)25-24(27)18-26(17-16-21-11-5-3-6-12-21)30(28,29)22-13-7-4-8-14-22/h3-15H,16-18H2,1-2H3,(H,25,27). The Kier molecular flexibility index (Phi) is 7.03. The molecule has 156 valence electrons. The lowest BCUT2D eigenvalue weighted by Gasteiger charge is -2.22. The Morgan fingerprint density at radius 1 is 0.867 bits per heavy atom. The predicted octanol–water partition coefficient (Wildman–Crippen LogP) is 4.18. The Balaban J connectivity index is 1.81. The second kappa shape index (κ2) is 9.69. The number of sulfonamides is 1. The normalized spacial score (nSPS) is 11.4. The number of carbonyl (C=O) groups excluding carboxylic acids is 1. The Bertz CT molecular complexity index is 1100. The van der Waals surface area contributed by atoms with E-state index in [1.54, 1.807) is 30.3 Å². The number of nitrogens with zero attached hydrogens (tertiary/aromatic N) is 1. The SMILES string of the molecule is Cc1cccc(NC(=O)CN(CCc2ccccc2)S(=O)(=O)c2ccccc2)c1C. The van der Waals surface area contributed by atoms with Gasteiger partial charge in [-0.2, -0.15) is 4.31 Å². The van der Waals surface area contributed by atoms with E-state index in [2.05, 4.69) is 5.32 Å². The van der Waals surface area contributed by atoms with Gasteiger partial charge in [0.2, 0.25) is 15.9 Å². The molecular formula is C24H26N2O3S.